The highest BCUT2D eigenvalue weighted by atomic mass is 35.5. The molecule has 5 heteroatoms. The molecule has 0 amide bonds. The number of nitrogens with zero attached hydrogens (tertiary/aromatic N) is 2. The van der Waals surface area contributed by atoms with Crippen molar-refractivity contribution in [3.63, 3.8) is 0 Å². The van der Waals surface area contributed by atoms with Crippen LogP contribution in [-0.2, 0) is 18.0 Å². The zero-order chi connectivity index (χ0) is 10.3. The van der Waals surface area contributed by atoms with Gasteiger partial charge in [0.1, 0.15) is 5.01 Å². The maximum atomic E-state index is 5.69. The molecule has 1 aliphatic heterocycles. The average Bonchev–Trinajstić information content (AvgIpc) is 2.84. The molecule has 0 bridgehead atoms. The third kappa shape index (κ3) is 1.65. The predicted octanol–water partition coefficient (Wildman–Crippen LogP) is 2.89. The van der Waals surface area contributed by atoms with Crippen LogP contribution in [0, 0.1) is 0 Å². The topological polar surface area (TPSA) is 35.0 Å². The lowest BCUT2D eigenvalue weighted by Gasteiger charge is -1.99. The Labute approximate surface area is 95.9 Å². The predicted molar refractivity (Wildman–Crippen MR) is 58.8 cm³/mol. The van der Waals surface area contributed by atoms with Gasteiger partial charge in [-0.25, -0.2) is 4.98 Å². The van der Waals surface area contributed by atoms with Crippen molar-refractivity contribution in [1.82, 2.24) is 9.36 Å². The molecule has 3 nitrogen and oxygen atoms in total. The monoisotopic (exact) mass is 238 g/mol. The number of fused-ring (bicyclic) bond motifs is 1. The normalized spacial score (nSPS) is 14.2. The van der Waals surface area contributed by atoms with Gasteiger partial charge in [0.25, 0.3) is 0 Å². The fourth-order valence-corrected chi connectivity index (χ4v) is 2.43. The quantitative estimate of drug-likeness (QED) is 0.766. The second kappa shape index (κ2) is 3.56. The number of aromatic nitrogens is 2. The molecule has 0 radical (unpaired) electrons. The lowest BCUT2D eigenvalue weighted by molar-refractivity contribution is 0.134. The third-order valence-electron chi connectivity index (χ3n) is 2.37. The number of rotatable bonds is 1. The molecule has 0 saturated heterocycles. The first-order valence-corrected chi connectivity index (χ1v) is 5.67. The van der Waals surface area contributed by atoms with Crippen LogP contribution < -0.4 is 0 Å². The molecule has 0 N–H and O–H groups in total. The highest BCUT2D eigenvalue weighted by molar-refractivity contribution is 7.09. The standard InChI is InChI=1S/C10H7ClN2OS/c11-10-12-9(15-13-10)6-1-2-7-4-14-5-8(7)3-6/h1-3H,4-5H2. The molecule has 0 saturated carbocycles. The van der Waals surface area contributed by atoms with Crippen LogP contribution in [0.4, 0.5) is 0 Å². The van der Waals surface area contributed by atoms with E-state index in [2.05, 4.69) is 21.5 Å². The van der Waals surface area contributed by atoms with Gasteiger partial charge in [-0.15, -0.1) is 0 Å². The molecule has 0 atom stereocenters. The second-order valence-corrected chi connectivity index (χ2v) is 4.43. The van der Waals surface area contributed by atoms with Crippen LogP contribution in [0.15, 0.2) is 18.2 Å². The Kier molecular flexibility index (Phi) is 2.20. The lowest BCUT2D eigenvalue weighted by Crippen LogP contribution is -1.83. The Bertz CT molecular complexity index is 512. The SMILES string of the molecule is Clc1nsc(-c2ccc3c(c2)COC3)n1. The molecule has 1 aliphatic rings. The van der Waals surface area contributed by atoms with Crippen LogP contribution in [0.2, 0.25) is 5.28 Å². The first kappa shape index (κ1) is 9.27. The fourth-order valence-electron chi connectivity index (χ4n) is 1.63. The van der Waals surface area contributed by atoms with Crippen molar-refractivity contribution in [2.24, 2.45) is 0 Å². The molecule has 15 heavy (non-hydrogen) atoms. The number of halogens is 1. The molecular formula is C10H7ClN2OS. The van der Waals surface area contributed by atoms with Crippen molar-refractivity contribution < 1.29 is 4.74 Å². The van der Waals surface area contributed by atoms with E-state index in [0.717, 1.165) is 10.6 Å². The van der Waals surface area contributed by atoms with Gasteiger partial charge in [-0.2, -0.15) is 4.37 Å². The van der Waals surface area contributed by atoms with Gasteiger partial charge in [0.2, 0.25) is 5.28 Å². The summed E-state index contributed by atoms with van der Waals surface area (Å²) in [5.74, 6) is 0. The summed E-state index contributed by atoms with van der Waals surface area (Å²) in [6.45, 7) is 1.40. The van der Waals surface area contributed by atoms with Crippen LogP contribution >= 0.6 is 23.1 Å². The van der Waals surface area contributed by atoms with E-state index >= 15 is 0 Å². The van der Waals surface area contributed by atoms with E-state index in [1.807, 2.05) is 6.07 Å². The summed E-state index contributed by atoms with van der Waals surface area (Å²) >= 11 is 7.01. The van der Waals surface area contributed by atoms with Gasteiger partial charge in [-0.05, 0) is 40.3 Å². The molecule has 3 rings (SSSR count). The Morgan fingerprint density at radius 1 is 1.27 bits per heavy atom. The van der Waals surface area contributed by atoms with E-state index < -0.39 is 0 Å². The summed E-state index contributed by atoms with van der Waals surface area (Å²) in [4.78, 5) is 4.14. The maximum Gasteiger partial charge on any atom is 0.234 e. The van der Waals surface area contributed by atoms with Crippen molar-refractivity contribution in [2.45, 2.75) is 13.2 Å². The first-order chi connectivity index (χ1) is 7.33. The summed E-state index contributed by atoms with van der Waals surface area (Å²) in [7, 11) is 0. The molecule has 2 aromatic rings. The van der Waals surface area contributed by atoms with E-state index in [9.17, 15) is 0 Å². The van der Waals surface area contributed by atoms with Gasteiger partial charge < -0.3 is 4.74 Å². The molecule has 0 aliphatic carbocycles. The molecule has 0 fully saturated rings. The van der Waals surface area contributed by atoms with Crippen molar-refractivity contribution in [1.29, 1.82) is 0 Å². The van der Waals surface area contributed by atoms with E-state index in [1.165, 1.54) is 22.7 Å². The Balaban J connectivity index is 2.06. The van der Waals surface area contributed by atoms with E-state index in [4.69, 9.17) is 16.3 Å². The number of ether oxygens (including phenoxy) is 1. The van der Waals surface area contributed by atoms with Gasteiger partial charge in [-0.1, -0.05) is 12.1 Å². The largest absolute Gasteiger partial charge is 0.372 e. The zero-order valence-electron chi connectivity index (χ0n) is 7.74. The van der Waals surface area contributed by atoms with Crippen LogP contribution in [0.5, 0.6) is 0 Å². The van der Waals surface area contributed by atoms with Crippen molar-refractivity contribution in [2.75, 3.05) is 0 Å². The summed E-state index contributed by atoms with van der Waals surface area (Å²) in [6.07, 6.45) is 0. The minimum absolute atomic E-state index is 0.312. The van der Waals surface area contributed by atoms with E-state index in [-0.39, 0.29) is 0 Å². The van der Waals surface area contributed by atoms with Crippen molar-refractivity contribution in [3.05, 3.63) is 34.6 Å². The summed E-state index contributed by atoms with van der Waals surface area (Å²) in [5.41, 5.74) is 3.55. The molecule has 0 spiro atoms. The minimum Gasteiger partial charge on any atom is -0.372 e. The fraction of sp³-hybridized carbons (Fsp3) is 0.200. The summed E-state index contributed by atoms with van der Waals surface area (Å²) in [5, 5.41) is 1.17. The second-order valence-electron chi connectivity index (χ2n) is 3.34. The Morgan fingerprint density at radius 2 is 2.13 bits per heavy atom. The Hall–Kier alpha value is -0.970. The number of benzene rings is 1. The van der Waals surface area contributed by atoms with E-state index in [1.54, 1.807) is 0 Å². The first-order valence-electron chi connectivity index (χ1n) is 4.52. The highest BCUT2D eigenvalue weighted by Crippen LogP contribution is 2.28. The van der Waals surface area contributed by atoms with Gasteiger partial charge in [-0.3, -0.25) is 0 Å². The molecule has 2 heterocycles. The van der Waals surface area contributed by atoms with Gasteiger partial charge in [0.15, 0.2) is 0 Å². The molecular weight excluding hydrogens is 232 g/mol. The van der Waals surface area contributed by atoms with Gasteiger partial charge >= 0.3 is 0 Å². The smallest absolute Gasteiger partial charge is 0.234 e. The molecule has 1 aromatic carbocycles. The van der Waals surface area contributed by atoms with Crippen LogP contribution in [0.25, 0.3) is 10.6 Å². The van der Waals surface area contributed by atoms with Crippen LogP contribution in [-0.4, -0.2) is 9.36 Å². The van der Waals surface area contributed by atoms with Crippen LogP contribution in [0.3, 0.4) is 0 Å². The lowest BCUT2D eigenvalue weighted by atomic mass is 10.1. The molecule has 76 valence electrons. The van der Waals surface area contributed by atoms with Gasteiger partial charge in [0.05, 0.1) is 13.2 Å². The zero-order valence-corrected chi connectivity index (χ0v) is 9.31. The summed E-state index contributed by atoms with van der Waals surface area (Å²) in [6, 6.07) is 6.20. The molecule has 1 aromatic heterocycles. The minimum atomic E-state index is 0.312. The van der Waals surface area contributed by atoms with Crippen molar-refractivity contribution >= 4 is 23.1 Å². The summed E-state index contributed by atoms with van der Waals surface area (Å²) < 4.78 is 9.30. The Morgan fingerprint density at radius 3 is 2.93 bits per heavy atom. The average molecular weight is 239 g/mol. The maximum absolute atomic E-state index is 5.69. The van der Waals surface area contributed by atoms with E-state index in [0.29, 0.717) is 18.5 Å². The van der Waals surface area contributed by atoms with Crippen LogP contribution in [0.1, 0.15) is 11.1 Å². The number of hydrogen-bond acceptors (Lipinski definition) is 4. The van der Waals surface area contributed by atoms with Crippen molar-refractivity contribution in [3.8, 4) is 10.6 Å². The number of hydrogen-bond donors (Lipinski definition) is 0. The molecule has 0 unspecified atom stereocenters. The van der Waals surface area contributed by atoms with Gasteiger partial charge in [0, 0.05) is 5.56 Å². The highest BCUT2D eigenvalue weighted by Gasteiger charge is 2.13. The third-order valence-corrected chi connectivity index (χ3v) is 3.40.